The lowest BCUT2D eigenvalue weighted by molar-refractivity contribution is 0.409. The lowest BCUT2D eigenvalue weighted by atomic mass is 9.95. The zero-order valence-electron chi connectivity index (χ0n) is 13.8. The molecule has 0 fully saturated rings. The van der Waals surface area contributed by atoms with Crippen LogP contribution in [0.1, 0.15) is 41.7 Å². The molecule has 0 saturated heterocycles. The third-order valence-corrected chi connectivity index (χ3v) is 5.17. The molecule has 2 aromatic rings. The third kappa shape index (κ3) is 3.59. The number of hydrogen-bond acceptors (Lipinski definition) is 3. The topological polar surface area (TPSA) is 21.3 Å². The van der Waals surface area contributed by atoms with Crippen LogP contribution in [0.15, 0.2) is 24.3 Å². The molecule has 0 saturated carbocycles. The Kier molecular flexibility index (Phi) is 4.62. The van der Waals surface area contributed by atoms with Crippen LogP contribution in [0.5, 0.6) is 5.75 Å². The van der Waals surface area contributed by atoms with Crippen molar-refractivity contribution in [2.24, 2.45) is 0 Å². The molecule has 0 spiro atoms. The summed E-state index contributed by atoms with van der Waals surface area (Å²) in [6, 6.07) is 8.69. The Labute approximate surface area is 132 Å². The van der Waals surface area contributed by atoms with Gasteiger partial charge in [-0.3, -0.25) is 0 Å². The normalized spacial score (nSPS) is 11.5. The molecule has 0 radical (unpaired) electrons. The van der Waals surface area contributed by atoms with Crippen LogP contribution in [0.2, 0.25) is 0 Å². The van der Waals surface area contributed by atoms with E-state index >= 15 is 0 Å². The van der Waals surface area contributed by atoms with Crippen molar-refractivity contribution in [3.05, 3.63) is 45.1 Å². The molecular formula is C18H25NOS. The molecule has 3 heteroatoms. The van der Waals surface area contributed by atoms with E-state index < -0.39 is 0 Å². The van der Waals surface area contributed by atoms with Crippen LogP contribution in [-0.2, 0) is 12.0 Å². The van der Waals surface area contributed by atoms with Crippen LogP contribution in [0.3, 0.4) is 0 Å². The first-order chi connectivity index (χ1) is 9.82. The Hall–Kier alpha value is -1.48. The molecule has 0 unspecified atom stereocenters. The quantitative estimate of drug-likeness (QED) is 0.829. The van der Waals surface area contributed by atoms with Gasteiger partial charge in [-0.05, 0) is 43.0 Å². The number of hydrogen-bond donors (Lipinski definition) is 1. The fourth-order valence-electron chi connectivity index (χ4n) is 2.39. The van der Waals surface area contributed by atoms with Crippen molar-refractivity contribution in [2.45, 2.75) is 46.6 Å². The minimum absolute atomic E-state index is 0.228. The van der Waals surface area contributed by atoms with Gasteiger partial charge in [0, 0.05) is 27.5 Å². The highest BCUT2D eigenvalue weighted by molar-refractivity contribution is 7.12. The molecule has 0 aliphatic heterocycles. The second kappa shape index (κ2) is 6.10. The largest absolute Gasteiger partial charge is 0.496 e. The fraction of sp³-hybridized carbons (Fsp3) is 0.444. The molecule has 21 heavy (non-hydrogen) atoms. The summed E-state index contributed by atoms with van der Waals surface area (Å²) in [7, 11) is 1.73. The highest BCUT2D eigenvalue weighted by Crippen LogP contribution is 2.32. The van der Waals surface area contributed by atoms with Gasteiger partial charge in [0.2, 0.25) is 0 Å². The van der Waals surface area contributed by atoms with E-state index in [-0.39, 0.29) is 5.41 Å². The summed E-state index contributed by atoms with van der Waals surface area (Å²) in [5.41, 5.74) is 3.71. The fourth-order valence-corrected chi connectivity index (χ4v) is 3.40. The summed E-state index contributed by atoms with van der Waals surface area (Å²) in [6.45, 7) is 11.8. The average molecular weight is 303 g/mol. The second-order valence-corrected chi connectivity index (χ2v) is 7.63. The molecule has 1 N–H and O–H groups in total. The monoisotopic (exact) mass is 303 g/mol. The maximum atomic E-state index is 5.48. The molecule has 2 rings (SSSR count). The maximum Gasteiger partial charge on any atom is 0.126 e. The van der Waals surface area contributed by atoms with Crippen molar-refractivity contribution in [1.82, 2.24) is 0 Å². The number of ether oxygens (including phenoxy) is 1. The van der Waals surface area contributed by atoms with Crippen molar-refractivity contribution in [3.8, 4) is 5.75 Å². The molecule has 0 amide bonds. The molecule has 2 nitrogen and oxygen atoms in total. The van der Waals surface area contributed by atoms with Crippen LogP contribution in [-0.4, -0.2) is 7.11 Å². The van der Waals surface area contributed by atoms with Crippen molar-refractivity contribution < 1.29 is 4.74 Å². The number of thiophene rings is 1. The van der Waals surface area contributed by atoms with E-state index in [1.165, 1.54) is 20.9 Å². The van der Waals surface area contributed by atoms with Gasteiger partial charge < -0.3 is 10.1 Å². The average Bonchev–Trinajstić information content (AvgIpc) is 2.87. The lowest BCUT2D eigenvalue weighted by Crippen LogP contribution is -2.07. The number of benzene rings is 1. The lowest BCUT2D eigenvalue weighted by Gasteiger charge is -2.16. The van der Waals surface area contributed by atoms with Crippen LogP contribution < -0.4 is 10.1 Å². The van der Waals surface area contributed by atoms with E-state index in [0.717, 1.165) is 18.0 Å². The molecule has 1 aromatic heterocycles. The minimum Gasteiger partial charge on any atom is -0.496 e. The molecule has 1 heterocycles. The predicted molar refractivity (Wildman–Crippen MR) is 92.8 cm³/mol. The SMILES string of the molecule is COc1c(C)ccc(NCc2ccc(C(C)(C)C)s2)c1C. The first-order valence-corrected chi connectivity index (χ1v) is 8.12. The van der Waals surface area contributed by atoms with E-state index in [0.29, 0.717) is 0 Å². The Morgan fingerprint density at radius 1 is 1.10 bits per heavy atom. The van der Waals surface area contributed by atoms with Crippen molar-refractivity contribution in [1.29, 1.82) is 0 Å². The number of aryl methyl sites for hydroxylation is 1. The summed E-state index contributed by atoms with van der Waals surface area (Å²) >= 11 is 1.88. The van der Waals surface area contributed by atoms with E-state index in [1.807, 2.05) is 11.3 Å². The number of anilines is 1. The number of nitrogens with one attached hydrogen (secondary N) is 1. The molecule has 0 atom stereocenters. The zero-order valence-corrected chi connectivity index (χ0v) is 14.6. The molecule has 0 bridgehead atoms. The minimum atomic E-state index is 0.228. The van der Waals surface area contributed by atoms with Gasteiger partial charge in [0.15, 0.2) is 0 Å². The van der Waals surface area contributed by atoms with Crippen LogP contribution in [0, 0.1) is 13.8 Å². The van der Waals surface area contributed by atoms with Gasteiger partial charge >= 0.3 is 0 Å². The Bertz CT molecular complexity index is 623. The smallest absolute Gasteiger partial charge is 0.126 e. The van der Waals surface area contributed by atoms with Gasteiger partial charge in [-0.25, -0.2) is 0 Å². The van der Waals surface area contributed by atoms with Crippen LogP contribution in [0.25, 0.3) is 0 Å². The standard InChI is InChI=1S/C18H25NOS/c1-12-7-9-15(13(2)17(12)20-6)19-11-14-8-10-16(21-14)18(3,4)5/h7-10,19H,11H2,1-6H3. The third-order valence-electron chi connectivity index (χ3n) is 3.66. The van der Waals surface area contributed by atoms with Crippen LogP contribution >= 0.6 is 11.3 Å². The van der Waals surface area contributed by atoms with Gasteiger partial charge in [0.25, 0.3) is 0 Å². The number of methoxy groups -OCH3 is 1. The van der Waals surface area contributed by atoms with Gasteiger partial charge in [-0.1, -0.05) is 26.8 Å². The zero-order chi connectivity index (χ0) is 15.6. The van der Waals surface area contributed by atoms with Crippen molar-refractivity contribution in [2.75, 3.05) is 12.4 Å². The predicted octanol–water partition coefficient (Wildman–Crippen LogP) is 5.28. The van der Waals surface area contributed by atoms with Gasteiger partial charge in [0.05, 0.1) is 7.11 Å². The summed E-state index contributed by atoms with van der Waals surface area (Å²) in [5, 5.41) is 3.53. The Balaban J connectivity index is 2.12. The molecule has 0 aliphatic carbocycles. The van der Waals surface area contributed by atoms with Crippen molar-refractivity contribution >= 4 is 17.0 Å². The highest BCUT2D eigenvalue weighted by Gasteiger charge is 2.16. The molecular weight excluding hydrogens is 278 g/mol. The van der Waals surface area contributed by atoms with Gasteiger partial charge in [-0.15, -0.1) is 11.3 Å². The maximum absolute atomic E-state index is 5.48. The van der Waals surface area contributed by atoms with Crippen molar-refractivity contribution in [3.63, 3.8) is 0 Å². The Morgan fingerprint density at radius 2 is 1.81 bits per heavy atom. The second-order valence-electron chi connectivity index (χ2n) is 6.46. The highest BCUT2D eigenvalue weighted by atomic mass is 32.1. The van der Waals surface area contributed by atoms with E-state index in [1.54, 1.807) is 7.11 Å². The van der Waals surface area contributed by atoms with E-state index in [9.17, 15) is 0 Å². The summed E-state index contributed by atoms with van der Waals surface area (Å²) < 4.78 is 5.48. The summed E-state index contributed by atoms with van der Waals surface area (Å²) in [6.07, 6.45) is 0. The first kappa shape index (κ1) is 15.9. The van der Waals surface area contributed by atoms with Gasteiger partial charge in [-0.2, -0.15) is 0 Å². The summed E-state index contributed by atoms with van der Waals surface area (Å²) in [5.74, 6) is 0.974. The van der Waals surface area contributed by atoms with E-state index in [4.69, 9.17) is 4.74 Å². The molecule has 114 valence electrons. The number of rotatable bonds is 4. The molecule has 0 aliphatic rings. The molecule has 1 aromatic carbocycles. The summed E-state index contributed by atoms with van der Waals surface area (Å²) in [4.78, 5) is 2.79. The van der Waals surface area contributed by atoms with Gasteiger partial charge in [0.1, 0.15) is 5.75 Å². The van der Waals surface area contributed by atoms with E-state index in [2.05, 4.69) is 64.2 Å². The van der Waals surface area contributed by atoms with Crippen LogP contribution in [0.4, 0.5) is 5.69 Å². The first-order valence-electron chi connectivity index (χ1n) is 7.30. The Morgan fingerprint density at radius 3 is 2.38 bits per heavy atom.